The number of carbonyl (C=O) groups excluding carboxylic acids is 1. The summed E-state index contributed by atoms with van der Waals surface area (Å²) in [6.45, 7) is 4.04. The molecule has 1 aromatic heterocycles. The van der Waals surface area contributed by atoms with Crippen molar-refractivity contribution in [1.82, 2.24) is 15.5 Å². The minimum Gasteiger partial charge on any atom is -0.354 e. The lowest BCUT2D eigenvalue weighted by atomic mass is 10.1. The maximum atomic E-state index is 11.3. The molecule has 0 aliphatic carbocycles. The fourth-order valence-electron chi connectivity index (χ4n) is 2.34. The van der Waals surface area contributed by atoms with E-state index in [2.05, 4.69) is 43.7 Å². The highest BCUT2D eigenvalue weighted by molar-refractivity contribution is 9.11. The van der Waals surface area contributed by atoms with Gasteiger partial charge in [-0.15, -0.1) is 11.3 Å². The first-order valence-corrected chi connectivity index (χ1v) is 8.66. The zero-order chi connectivity index (χ0) is 15.2. The summed E-state index contributed by atoms with van der Waals surface area (Å²) in [4.78, 5) is 18.7. The fraction of sp³-hybridized carbons (Fsp3) is 0.571. The number of hydrogen-bond acceptors (Lipinski definition) is 3. The predicted octanol–water partition coefficient (Wildman–Crippen LogP) is 2.19. The van der Waals surface area contributed by atoms with Gasteiger partial charge in [-0.1, -0.05) is 0 Å². The molecular weight excluding hydrogens is 352 g/mol. The summed E-state index contributed by atoms with van der Waals surface area (Å²) >= 11 is 5.18. The van der Waals surface area contributed by atoms with Crippen LogP contribution in [0.3, 0.4) is 0 Å². The molecule has 2 heterocycles. The zero-order valence-electron chi connectivity index (χ0n) is 12.4. The van der Waals surface area contributed by atoms with Crippen molar-refractivity contribution in [2.45, 2.75) is 32.4 Å². The first kappa shape index (κ1) is 16.3. The van der Waals surface area contributed by atoms with Crippen molar-refractivity contribution in [1.29, 1.82) is 0 Å². The van der Waals surface area contributed by atoms with Crippen LogP contribution < -0.4 is 10.6 Å². The molecule has 1 saturated heterocycles. The number of halogens is 1. The quantitative estimate of drug-likeness (QED) is 0.631. The summed E-state index contributed by atoms with van der Waals surface area (Å²) in [5.74, 6) is 0.986. The largest absolute Gasteiger partial charge is 0.354 e. The van der Waals surface area contributed by atoms with Crippen molar-refractivity contribution in [3.05, 3.63) is 20.8 Å². The molecule has 1 aromatic rings. The Bertz CT molecular complexity index is 509. The SMILES string of the molecule is CN=C(NCc1ccc(Br)s1)NC1CCN(C(C)=O)CC1. The van der Waals surface area contributed by atoms with Crippen molar-refractivity contribution in [2.24, 2.45) is 4.99 Å². The third-order valence-electron chi connectivity index (χ3n) is 3.56. The highest BCUT2D eigenvalue weighted by atomic mass is 79.9. The lowest BCUT2D eigenvalue weighted by Gasteiger charge is -2.32. The van der Waals surface area contributed by atoms with E-state index in [0.717, 1.165) is 42.2 Å². The van der Waals surface area contributed by atoms with Gasteiger partial charge in [0.2, 0.25) is 5.91 Å². The van der Waals surface area contributed by atoms with Crippen LogP contribution in [0.2, 0.25) is 0 Å². The van der Waals surface area contributed by atoms with Gasteiger partial charge in [0.1, 0.15) is 0 Å². The molecule has 5 nitrogen and oxygen atoms in total. The molecule has 1 aliphatic rings. The Labute approximate surface area is 137 Å². The Morgan fingerprint density at radius 2 is 2.19 bits per heavy atom. The second kappa shape index (κ2) is 7.79. The van der Waals surface area contributed by atoms with Crippen LogP contribution in [0.25, 0.3) is 0 Å². The van der Waals surface area contributed by atoms with Crippen LogP contribution in [0.4, 0.5) is 0 Å². The molecule has 0 saturated carbocycles. The smallest absolute Gasteiger partial charge is 0.219 e. The molecular formula is C14H21BrN4OS. The van der Waals surface area contributed by atoms with Gasteiger partial charge in [-0.05, 0) is 40.9 Å². The molecule has 0 bridgehead atoms. The molecule has 21 heavy (non-hydrogen) atoms. The van der Waals surface area contributed by atoms with E-state index >= 15 is 0 Å². The van der Waals surface area contributed by atoms with Crippen molar-refractivity contribution < 1.29 is 4.79 Å². The third-order valence-corrected chi connectivity index (χ3v) is 5.19. The Hall–Kier alpha value is -1.08. The monoisotopic (exact) mass is 372 g/mol. The lowest BCUT2D eigenvalue weighted by Crippen LogP contribution is -2.49. The number of guanidine groups is 1. The number of piperidine rings is 1. The van der Waals surface area contributed by atoms with E-state index in [1.807, 2.05) is 4.90 Å². The molecule has 2 rings (SSSR count). The van der Waals surface area contributed by atoms with E-state index in [1.54, 1.807) is 25.3 Å². The summed E-state index contributed by atoms with van der Waals surface area (Å²) in [5, 5.41) is 6.76. The van der Waals surface area contributed by atoms with Crippen LogP contribution in [0, 0.1) is 0 Å². The number of nitrogens with zero attached hydrogens (tertiary/aromatic N) is 2. The molecule has 7 heteroatoms. The zero-order valence-corrected chi connectivity index (χ0v) is 14.8. The number of nitrogens with one attached hydrogen (secondary N) is 2. The minimum absolute atomic E-state index is 0.166. The van der Waals surface area contributed by atoms with E-state index in [0.29, 0.717) is 6.04 Å². The van der Waals surface area contributed by atoms with Gasteiger partial charge in [0.15, 0.2) is 5.96 Å². The Morgan fingerprint density at radius 1 is 1.48 bits per heavy atom. The number of likely N-dealkylation sites (tertiary alicyclic amines) is 1. The summed E-state index contributed by atoms with van der Waals surface area (Å²) < 4.78 is 1.14. The number of amides is 1. The average Bonchev–Trinajstić information content (AvgIpc) is 2.89. The van der Waals surface area contributed by atoms with Crippen LogP contribution >= 0.6 is 27.3 Å². The number of rotatable bonds is 3. The second-order valence-electron chi connectivity index (χ2n) is 5.06. The Balaban J connectivity index is 1.77. The van der Waals surface area contributed by atoms with Gasteiger partial charge in [0.25, 0.3) is 0 Å². The van der Waals surface area contributed by atoms with Gasteiger partial charge in [-0.2, -0.15) is 0 Å². The molecule has 0 atom stereocenters. The molecule has 0 unspecified atom stereocenters. The van der Waals surface area contributed by atoms with E-state index in [4.69, 9.17) is 0 Å². The van der Waals surface area contributed by atoms with Gasteiger partial charge in [-0.25, -0.2) is 0 Å². The predicted molar refractivity (Wildman–Crippen MR) is 90.6 cm³/mol. The average molecular weight is 373 g/mol. The highest BCUT2D eigenvalue weighted by Gasteiger charge is 2.21. The number of hydrogen-bond donors (Lipinski definition) is 2. The first-order valence-electron chi connectivity index (χ1n) is 7.05. The van der Waals surface area contributed by atoms with E-state index in [-0.39, 0.29) is 5.91 Å². The summed E-state index contributed by atoms with van der Waals surface area (Å²) in [6.07, 6.45) is 1.93. The summed E-state index contributed by atoms with van der Waals surface area (Å²) in [6, 6.07) is 4.53. The van der Waals surface area contributed by atoms with Crippen LogP contribution in [-0.2, 0) is 11.3 Å². The van der Waals surface area contributed by atoms with Gasteiger partial charge in [-0.3, -0.25) is 9.79 Å². The van der Waals surface area contributed by atoms with E-state index in [9.17, 15) is 4.79 Å². The summed E-state index contributed by atoms with van der Waals surface area (Å²) in [5.41, 5.74) is 0. The van der Waals surface area contributed by atoms with E-state index < -0.39 is 0 Å². The maximum Gasteiger partial charge on any atom is 0.219 e. The molecule has 1 fully saturated rings. The van der Waals surface area contributed by atoms with Crippen LogP contribution in [0.15, 0.2) is 20.9 Å². The molecule has 0 radical (unpaired) electrons. The molecule has 2 N–H and O–H groups in total. The molecule has 116 valence electrons. The van der Waals surface area contributed by atoms with Crippen molar-refractivity contribution in [2.75, 3.05) is 20.1 Å². The Kier molecular flexibility index (Phi) is 6.05. The highest BCUT2D eigenvalue weighted by Crippen LogP contribution is 2.21. The minimum atomic E-state index is 0.166. The van der Waals surface area contributed by atoms with Gasteiger partial charge in [0.05, 0.1) is 10.3 Å². The Morgan fingerprint density at radius 3 is 2.71 bits per heavy atom. The number of carbonyl (C=O) groups is 1. The van der Waals surface area contributed by atoms with E-state index in [1.165, 1.54) is 4.88 Å². The fourth-order valence-corrected chi connectivity index (χ4v) is 3.77. The van der Waals surface area contributed by atoms with Crippen LogP contribution in [0.1, 0.15) is 24.6 Å². The van der Waals surface area contributed by atoms with Crippen molar-refractivity contribution in [3.63, 3.8) is 0 Å². The molecule has 1 amide bonds. The molecule has 1 aliphatic heterocycles. The van der Waals surface area contributed by atoms with Crippen LogP contribution in [0.5, 0.6) is 0 Å². The normalized spacial score (nSPS) is 16.9. The second-order valence-corrected chi connectivity index (χ2v) is 7.60. The number of thiophene rings is 1. The van der Waals surface area contributed by atoms with Crippen molar-refractivity contribution >= 4 is 39.1 Å². The summed E-state index contributed by atoms with van der Waals surface area (Å²) in [7, 11) is 1.78. The third kappa shape index (κ3) is 5.00. The first-order chi connectivity index (χ1) is 10.1. The van der Waals surface area contributed by atoms with Crippen LogP contribution in [-0.4, -0.2) is 42.9 Å². The standard InChI is InChI=1S/C14H21BrN4OS/c1-10(20)19-7-5-11(6-8-19)18-14(16-2)17-9-12-3-4-13(15)21-12/h3-4,11H,5-9H2,1-2H3,(H2,16,17,18). The van der Waals surface area contributed by atoms with Gasteiger partial charge < -0.3 is 15.5 Å². The van der Waals surface area contributed by atoms with Gasteiger partial charge in [0, 0.05) is 38.0 Å². The molecule has 0 aromatic carbocycles. The maximum absolute atomic E-state index is 11.3. The van der Waals surface area contributed by atoms with Crippen molar-refractivity contribution in [3.8, 4) is 0 Å². The number of aliphatic imine (C=N–C) groups is 1. The lowest BCUT2D eigenvalue weighted by molar-refractivity contribution is -0.129. The molecule has 0 spiro atoms. The topological polar surface area (TPSA) is 56.7 Å². The van der Waals surface area contributed by atoms with Gasteiger partial charge >= 0.3 is 0 Å².